The Balaban J connectivity index is 2.61. The zero-order valence-electron chi connectivity index (χ0n) is 11.8. The Bertz CT molecular complexity index is 728. The second kappa shape index (κ2) is 5.63. The highest BCUT2D eigenvalue weighted by atomic mass is 16.4. The second-order valence-electron chi connectivity index (χ2n) is 5.00. The van der Waals surface area contributed by atoms with E-state index in [1.165, 1.54) is 12.1 Å². The SMILES string of the molecule is CC(C)c1cc(-c2ccc(C(=O)O)cc2)c(C#N)c(N)n1. The fourth-order valence-corrected chi connectivity index (χ4v) is 2.02. The molecule has 2 aromatic rings. The van der Waals surface area contributed by atoms with Gasteiger partial charge < -0.3 is 10.8 Å². The molecule has 1 heterocycles. The molecule has 0 amide bonds. The maximum Gasteiger partial charge on any atom is 0.335 e. The summed E-state index contributed by atoms with van der Waals surface area (Å²) >= 11 is 0. The minimum atomic E-state index is -0.987. The highest BCUT2D eigenvalue weighted by Gasteiger charge is 2.14. The zero-order chi connectivity index (χ0) is 15.6. The largest absolute Gasteiger partial charge is 0.478 e. The molecular weight excluding hydrogens is 266 g/mol. The summed E-state index contributed by atoms with van der Waals surface area (Å²) in [6.45, 7) is 3.98. The van der Waals surface area contributed by atoms with Crippen LogP contribution >= 0.6 is 0 Å². The van der Waals surface area contributed by atoms with Gasteiger partial charge in [-0.25, -0.2) is 9.78 Å². The molecule has 106 valence electrons. The van der Waals surface area contributed by atoms with Crippen LogP contribution in [0.4, 0.5) is 5.82 Å². The molecule has 5 nitrogen and oxygen atoms in total. The maximum atomic E-state index is 10.9. The summed E-state index contributed by atoms with van der Waals surface area (Å²) in [5, 5.41) is 18.2. The first-order valence-electron chi connectivity index (χ1n) is 6.48. The van der Waals surface area contributed by atoms with Crippen LogP contribution in [0.25, 0.3) is 11.1 Å². The molecule has 0 saturated carbocycles. The van der Waals surface area contributed by atoms with Crippen LogP contribution in [0.2, 0.25) is 0 Å². The first-order chi connectivity index (χ1) is 9.93. The molecule has 2 rings (SSSR count). The lowest BCUT2D eigenvalue weighted by Gasteiger charge is -2.12. The molecule has 0 saturated heterocycles. The molecule has 1 aromatic heterocycles. The lowest BCUT2D eigenvalue weighted by Crippen LogP contribution is -2.03. The van der Waals surface area contributed by atoms with Crippen molar-refractivity contribution in [3.05, 3.63) is 47.2 Å². The number of nitrogen functional groups attached to an aromatic ring is 1. The van der Waals surface area contributed by atoms with E-state index >= 15 is 0 Å². The van der Waals surface area contributed by atoms with Crippen molar-refractivity contribution in [1.82, 2.24) is 4.98 Å². The number of pyridine rings is 1. The van der Waals surface area contributed by atoms with Gasteiger partial charge in [0.1, 0.15) is 17.5 Å². The van der Waals surface area contributed by atoms with Crippen LogP contribution < -0.4 is 5.73 Å². The number of nitriles is 1. The van der Waals surface area contributed by atoms with Gasteiger partial charge >= 0.3 is 5.97 Å². The number of anilines is 1. The number of nitrogens with two attached hydrogens (primary N) is 1. The van der Waals surface area contributed by atoms with E-state index in [1.54, 1.807) is 12.1 Å². The summed E-state index contributed by atoms with van der Waals surface area (Å²) in [5.41, 5.74) is 8.57. The summed E-state index contributed by atoms with van der Waals surface area (Å²) in [6, 6.07) is 10.2. The molecule has 0 radical (unpaired) electrons. The Kier molecular flexibility index (Phi) is 3.90. The van der Waals surface area contributed by atoms with Crippen LogP contribution in [0.15, 0.2) is 30.3 Å². The molecule has 1 aromatic carbocycles. The van der Waals surface area contributed by atoms with Gasteiger partial charge in [-0.2, -0.15) is 5.26 Å². The molecule has 0 atom stereocenters. The van der Waals surface area contributed by atoms with Gasteiger partial charge in [-0.3, -0.25) is 0 Å². The summed E-state index contributed by atoms with van der Waals surface area (Å²) in [7, 11) is 0. The average molecular weight is 281 g/mol. The van der Waals surface area contributed by atoms with Crippen molar-refractivity contribution in [2.45, 2.75) is 19.8 Å². The van der Waals surface area contributed by atoms with Crippen LogP contribution in [-0.2, 0) is 0 Å². The van der Waals surface area contributed by atoms with Crippen molar-refractivity contribution in [3.8, 4) is 17.2 Å². The van der Waals surface area contributed by atoms with Gasteiger partial charge in [-0.15, -0.1) is 0 Å². The molecule has 0 aliphatic carbocycles. The molecule has 0 fully saturated rings. The molecule has 0 unspecified atom stereocenters. The van der Waals surface area contributed by atoms with Crippen LogP contribution in [0.5, 0.6) is 0 Å². The van der Waals surface area contributed by atoms with E-state index in [4.69, 9.17) is 10.8 Å². The Morgan fingerprint density at radius 1 is 1.33 bits per heavy atom. The Hall–Kier alpha value is -2.87. The Morgan fingerprint density at radius 2 is 1.95 bits per heavy atom. The summed E-state index contributed by atoms with van der Waals surface area (Å²) in [6.07, 6.45) is 0. The van der Waals surface area contributed by atoms with E-state index < -0.39 is 5.97 Å². The molecule has 5 heteroatoms. The first-order valence-corrected chi connectivity index (χ1v) is 6.48. The van der Waals surface area contributed by atoms with Gasteiger partial charge in [0.15, 0.2) is 0 Å². The van der Waals surface area contributed by atoms with Crippen molar-refractivity contribution in [3.63, 3.8) is 0 Å². The van der Waals surface area contributed by atoms with Crippen LogP contribution in [-0.4, -0.2) is 16.1 Å². The summed E-state index contributed by atoms with van der Waals surface area (Å²) in [4.78, 5) is 15.1. The van der Waals surface area contributed by atoms with E-state index in [2.05, 4.69) is 11.1 Å². The number of rotatable bonds is 3. The average Bonchev–Trinajstić information content (AvgIpc) is 2.46. The van der Waals surface area contributed by atoms with Crippen LogP contribution in [0, 0.1) is 11.3 Å². The van der Waals surface area contributed by atoms with E-state index in [0.29, 0.717) is 11.1 Å². The van der Waals surface area contributed by atoms with Crippen molar-refractivity contribution in [2.24, 2.45) is 0 Å². The van der Waals surface area contributed by atoms with E-state index in [0.717, 1.165) is 11.3 Å². The highest BCUT2D eigenvalue weighted by Crippen LogP contribution is 2.29. The van der Waals surface area contributed by atoms with Crippen molar-refractivity contribution >= 4 is 11.8 Å². The molecule has 0 aliphatic heterocycles. The molecule has 0 bridgehead atoms. The minimum Gasteiger partial charge on any atom is -0.478 e. The molecule has 21 heavy (non-hydrogen) atoms. The van der Waals surface area contributed by atoms with Crippen molar-refractivity contribution in [2.75, 3.05) is 5.73 Å². The number of hydrogen-bond donors (Lipinski definition) is 2. The summed E-state index contributed by atoms with van der Waals surface area (Å²) in [5.74, 6) is -0.614. The van der Waals surface area contributed by atoms with E-state index in [1.807, 2.05) is 19.9 Å². The number of aromatic nitrogens is 1. The van der Waals surface area contributed by atoms with Crippen molar-refractivity contribution in [1.29, 1.82) is 5.26 Å². The van der Waals surface area contributed by atoms with Gasteiger partial charge in [-0.1, -0.05) is 26.0 Å². The quantitative estimate of drug-likeness (QED) is 0.900. The number of nitrogens with zero attached hydrogens (tertiary/aromatic N) is 2. The molecule has 3 N–H and O–H groups in total. The van der Waals surface area contributed by atoms with Gasteiger partial charge in [-0.05, 0) is 29.7 Å². The maximum absolute atomic E-state index is 10.9. The standard InChI is InChI=1S/C16H15N3O2/c1-9(2)14-7-12(13(8-17)15(18)19-14)10-3-5-11(6-4-10)16(20)21/h3-7,9H,1-2H3,(H2,18,19)(H,20,21). The Labute approximate surface area is 122 Å². The lowest BCUT2D eigenvalue weighted by atomic mass is 9.97. The number of hydrogen-bond acceptors (Lipinski definition) is 4. The lowest BCUT2D eigenvalue weighted by molar-refractivity contribution is 0.0697. The number of benzene rings is 1. The highest BCUT2D eigenvalue weighted by molar-refractivity contribution is 5.88. The number of carbonyl (C=O) groups is 1. The third kappa shape index (κ3) is 2.84. The van der Waals surface area contributed by atoms with Crippen molar-refractivity contribution < 1.29 is 9.90 Å². The zero-order valence-corrected chi connectivity index (χ0v) is 11.8. The fourth-order valence-electron chi connectivity index (χ4n) is 2.02. The van der Waals surface area contributed by atoms with Crippen LogP contribution in [0.1, 0.15) is 41.4 Å². The van der Waals surface area contributed by atoms with Gasteiger partial charge in [0, 0.05) is 11.3 Å². The normalized spacial score (nSPS) is 10.4. The fraction of sp³-hybridized carbons (Fsp3) is 0.188. The second-order valence-corrected chi connectivity index (χ2v) is 5.00. The van der Waals surface area contributed by atoms with Gasteiger partial charge in [0.2, 0.25) is 0 Å². The van der Waals surface area contributed by atoms with Gasteiger partial charge in [0.05, 0.1) is 5.56 Å². The first kappa shape index (κ1) is 14.5. The van der Waals surface area contributed by atoms with E-state index in [9.17, 15) is 10.1 Å². The monoisotopic (exact) mass is 281 g/mol. The number of carboxylic acids is 1. The Morgan fingerprint density at radius 3 is 2.43 bits per heavy atom. The molecule has 0 spiro atoms. The topological polar surface area (TPSA) is 100 Å². The number of carboxylic acid groups (broad SMARTS) is 1. The summed E-state index contributed by atoms with van der Waals surface area (Å²) < 4.78 is 0. The third-order valence-electron chi connectivity index (χ3n) is 3.21. The predicted molar refractivity (Wildman–Crippen MR) is 79.8 cm³/mol. The predicted octanol–water partition coefficient (Wildman–Crippen LogP) is 3.02. The molecule has 0 aliphatic rings. The third-order valence-corrected chi connectivity index (χ3v) is 3.21. The van der Waals surface area contributed by atoms with Crippen LogP contribution in [0.3, 0.4) is 0 Å². The smallest absolute Gasteiger partial charge is 0.335 e. The van der Waals surface area contributed by atoms with Gasteiger partial charge in [0.25, 0.3) is 0 Å². The van der Waals surface area contributed by atoms with E-state index in [-0.39, 0.29) is 17.3 Å². The number of aromatic carboxylic acids is 1. The molecular formula is C16H15N3O2. The minimum absolute atomic E-state index is 0.178.